The number of carbonyl (C=O) groups is 1. The lowest BCUT2D eigenvalue weighted by Crippen LogP contribution is -2.45. The van der Waals surface area contributed by atoms with Gasteiger partial charge in [-0.05, 0) is 36.5 Å². The standard InChI is InChI=1S/C16H21F2NO4/c17-16(18)23-13-3-1-2-11(8-13)9-15(21)19-14(10-20)12-4-6-22-7-5-12/h1-3,8,12,14,16,20H,4-7,9-10H2,(H,19,21). The molecule has 1 saturated heterocycles. The van der Waals surface area contributed by atoms with Crippen molar-refractivity contribution in [2.45, 2.75) is 31.9 Å². The fourth-order valence-electron chi connectivity index (χ4n) is 2.71. The first-order valence-corrected chi connectivity index (χ1v) is 7.60. The number of hydrogen-bond acceptors (Lipinski definition) is 4. The van der Waals surface area contributed by atoms with E-state index in [1.54, 1.807) is 12.1 Å². The predicted molar refractivity (Wildman–Crippen MR) is 79.3 cm³/mol. The van der Waals surface area contributed by atoms with Crippen LogP contribution in [0.3, 0.4) is 0 Å². The van der Waals surface area contributed by atoms with Crippen molar-refractivity contribution in [3.63, 3.8) is 0 Å². The van der Waals surface area contributed by atoms with Gasteiger partial charge in [-0.2, -0.15) is 8.78 Å². The highest BCUT2D eigenvalue weighted by molar-refractivity contribution is 5.79. The molecule has 1 aromatic rings. The maximum absolute atomic E-state index is 12.2. The minimum atomic E-state index is -2.90. The maximum Gasteiger partial charge on any atom is 0.387 e. The molecule has 0 spiro atoms. The molecule has 1 aromatic carbocycles. The van der Waals surface area contributed by atoms with E-state index in [1.807, 2.05) is 0 Å². The summed E-state index contributed by atoms with van der Waals surface area (Å²) < 4.78 is 34.0. The monoisotopic (exact) mass is 329 g/mol. The smallest absolute Gasteiger partial charge is 0.387 e. The number of alkyl halides is 2. The second-order valence-corrected chi connectivity index (χ2v) is 5.51. The quantitative estimate of drug-likeness (QED) is 0.799. The zero-order valence-corrected chi connectivity index (χ0v) is 12.7. The molecule has 2 N–H and O–H groups in total. The Hall–Kier alpha value is -1.73. The number of hydrogen-bond donors (Lipinski definition) is 2. The van der Waals surface area contributed by atoms with Crippen LogP contribution < -0.4 is 10.1 Å². The van der Waals surface area contributed by atoms with E-state index in [4.69, 9.17) is 4.74 Å². The summed E-state index contributed by atoms with van der Waals surface area (Å²) in [6.45, 7) is -1.77. The Morgan fingerprint density at radius 3 is 2.78 bits per heavy atom. The summed E-state index contributed by atoms with van der Waals surface area (Å²) >= 11 is 0. The predicted octanol–water partition coefficient (Wildman–Crippen LogP) is 1.73. The highest BCUT2D eigenvalue weighted by atomic mass is 19.3. The van der Waals surface area contributed by atoms with Crippen molar-refractivity contribution in [1.29, 1.82) is 0 Å². The SMILES string of the molecule is O=C(Cc1cccc(OC(F)F)c1)NC(CO)C1CCOCC1. The Morgan fingerprint density at radius 1 is 1.39 bits per heavy atom. The van der Waals surface area contributed by atoms with Crippen LogP contribution in [-0.2, 0) is 16.0 Å². The minimum Gasteiger partial charge on any atom is -0.435 e. The molecule has 1 fully saturated rings. The van der Waals surface area contributed by atoms with Gasteiger partial charge in [-0.1, -0.05) is 12.1 Å². The third-order valence-corrected chi connectivity index (χ3v) is 3.87. The third kappa shape index (κ3) is 5.76. The van der Waals surface area contributed by atoms with Crippen molar-refractivity contribution in [2.75, 3.05) is 19.8 Å². The Kier molecular flexibility index (Phi) is 6.73. The average Bonchev–Trinajstić information content (AvgIpc) is 2.53. The third-order valence-electron chi connectivity index (χ3n) is 3.87. The van der Waals surface area contributed by atoms with E-state index in [0.29, 0.717) is 18.8 Å². The van der Waals surface area contributed by atoms with Crippen LogP contribution >= 0.6 is 0 Å². The van der Waals surface area contributed by atoms with Crippen LogP contribution in [0.15, 0.2) is 24.3 Å². The molecule has 2 rings (SSSR count). The molecule has 1 aliphatic rings. The van der Waals surface area contributed by atoms with Gasteiger partial charge in [0.1, 0.15) is 5.75 Å². The topological polar surface area (TPSA) is 67.8 Å². The van der Waals surface area contributed by atoms with Gasteiger partial charge in [-0.25, -0.2) is 0 Å². The molecular formula is C16H21F2NO4. The molecule has 128 valence electrons. The molecule has 1 heterocycles. The summed E-state index contributed by atoms with van der Waals surface area (Å²) in [5.41, 5.74) is 0.573. The van der Waals surface area contributed by atoms with Crippen molar-refractivity contribution in [3.05, 3.63) is 29.8 Å². The van der Waals surface area contributed by atoms with E-state index >= 15 is 0 Å². The number of aliphatic hydroxyl groups excluding tert-OH is 1. The number of benzene rings is 1. The van der Waals surface area contributed by atoms with Gasteiger partial charge in [0.05, 0.1) is 19.1 Å². The van der Waals surface area contributed by atoms with Crippen molar-refractivity contribution < 1.29 is 28.2 Å². The largest absolute Gasteiger partial charge is 0.435 e. The number of aliphatic hydroxyl groups is 1. The summed E-state index contributed by atoms with van der Waals surface area (Å²) in [6.07, 6.45) is 1.63. The number of carbonyl (C=O) groups excluding carboxylic acids is 1. The number of nitrogens with one attached hydrogen (secondary N) is 1. The molecule has 0 radical (unpaired) electrons. The van der Waals surface area contributed by atoms with E-state index in [1.165, 1.54) is 12.1 Å². The van der Waals surface area contributed by atoms with Gasteiger partial charge >= 0.3 is 6.61 Å². The molecule has 1 amide bonds. The van der Waals surface area contributed by atoms with Crippen LogP contribution in [0.5, 0.6) is 5.75 Å². The van der Waals surface area contributed by atoms with Crippen molar-refractivity contribution >= 4 is 5.91 Å². The highest BCUT2D eigenvalue weighted by Crippen LogP contribution is 2.19. The van der Waals surface area contributed by atoms with E-state index in [2.05, 4.69) is 10.1 Å². The van der Waals surface area contributed by atoms with Gasteiger partial charge in [0.25, 0.3) is 0 Å². The zero-order chi connectivity index (χ0) is 16.7. The molecule has 0 saturated carbocycles. The second-order valence-electron chi connectivity index (χ2n) is 5.51. The van der Waals surface area contributed by atoms with E-state index in [-0.39, 0.29) is 36.6 Å². The van der Waals surface area contributed by atoms with Crippen molar-refractivity contribution in [3.8, 4) is 5.75 Å². The van der Waals surface area contributed by atoms with Crippen LogP contribution in [0, 0.1) is 5.92 Å². The first kappa shape index (κ1) is 17.6. The lowest BCUT2D eigenvalue weighted by Gasteiger charge is -2.29. The van der Waals surface area contributed by atoms with Gasteiger partial charge in [-0.3, -0.25) is 4.79 Å². The Bertz CT molecular complexity index is 507. The molecule has 1 atom stereocenters. The molecule has 23 heavy (non-hydrogen) atoms. The summed E-state index contributed by atoms with van der Waals surface area (Å²) in [6, 6.07) is 5.73. The maximum atomic E-state index is 12.2. The summed E-state index contributed by atoms with van der Waals surface area (Å²) in [4.78, 5) is 12.1. The molecule has 7 heteroatoms. The lowest BCUT2D eigenvalue weighted by atomic mass is 9.92. The molecule has 1 unspecified atom stereocenters. The van der Waals surface area contributed by atoms with Crippen molar-refractivity contribution in [2.24, 2.45) is 5.92 Å². The van der Waals surface area contributed by atoms with E-state index in [0.717, 1.165) is 12.8 Å². The molecule has 0 aromatic heterocycles. The number of amides is 1. The fourth-order valence-corrected chi connectivity index (χ4v) is 2.71. The first-order chi connectivity index (χ1) is 11.1. The molecule has 1 aliphatic heterocycles. The van der Waals surface area contributed by atoms with Crippen molar-refractivity contribution in [1.82, 2.24) is 5.32 Å². The summed E-state index contributed by atoms with van der Waals surface area (Å²) in [5, 5.41) is 12.3. The van der Waals surface area contributed by atoms with Gasteiger partial charge < -0.3 is 19.9 Å². The van der Waals surface area contributed by atoms with Crippen LogP contribution in [0.2, 0.25) is 0 Å². The number of halogens is 2. The molecule has 0 aliphatic carbocycles. The summed E-state index contributed by atoms with van der Waals surface area (Å²) in [7, 11) is 0. The van der Waals surface area contributed by atoms with Crippen LogP contribution in [0.4, 0.5) is 8.78 Å². The summed E-state index contributed by atoms with van der Waals surface area (Å²) in [5.74, 6) is -0.0515. The minimum absolute atomic E-state index is 0.0217. The molecular weight excluding hydrogens is 308 g/mol. The van der Waals surface area contributed by atoms with Gasteiger partial charge in [-0.15, -0.1) is 0 Å². The zero-order valence-electron chi connectivity index (χ0n) is 12.7. The fraction of sp³-hybridized carbons (Fsp3) is 0.562. The van der Waals surface area contributed by atoms with Gasteiger partial charge in [0, 0.05) is 13.2 Å². The van der Waals surface area contributed by atoms with E-state index in [9.17, 15) is 18.7 Å². The second kappa shape index (κ2) is 8.79. The average molecular weight is 329 g/mol. The van der Waals surface area contributed by atoms with Crippen LogP contribution in [-0.4, -0.2) is 43.5 Å². The normalized spacial score (nSPS) is 17.0. The highest BCUT2D eigenvalue weighted by Gasteiger charge is 2.24. The number of ether oxygens (including phenoxy) is 2. The lowest BCUT2D eigenvalue weighted by molar-refractivity contribution is -0.122. The van der Waals surface area contributed by atoms with Gasteiger partial charge in [0.15, 0.2) is 0 Å². The Labute approximate surface area is 133 Å². The molecule has 5 nitrogen and oxygen atoms in total. The Morgan fingerprint density at radius 2 is 2.13 bits per heavy atom. The first-order valence-electron chi connectivity index (χ1n) is 7.60. The Balaban J connectivity index is 1.90. The van der Waals surface area contributed by atoms with Gasteiger partial charge in [0.2, 0.25) is 5.91 Å². The molecule has 0 bridgehead atoms. The number of rotatable bonds is 7. The van der Waals surface area contributed by atoms with Crippen LogP contribution in [0.25, 0.3) is 0 Å². The van der Waals surface area contributed by atoms with Crippen LogP contribution in [0.1, 0.15) is 18.4 Å². The van der Waals surface area contributed by atoms with E-state index < -0.39 is 6.61 Å².